The van der Waals surface area contributed by atoms with Crippen LogP contribution in [0.2, 0.25) is 0 Å². The van der Waals surface area contributed by atoms with Gasteiger partial charge in [0.05, 0.1) is 0 Å². The molecule has 1 heterocycles. The number of hydrogen-bond donors (Lipinski definition) is 1. The zero-order valence-electron chi connectivity index (χ0n) is 13.8. The lowest BCUT2D eigenvalue weighted by molar-refractivity contribution is -0.165. The normalized spacial score (nSPS) is 23.4. The fourth-order valence-electron chi connectivity index (χ4n) is 3.55. The molecular weight excluding hydrogens is 323 g/mol. The Balaban J connectivity index is 2.01. The molecule has 2 atom stereocenters. The van der Waals surface area contributed by atoms with Crippen molar-refractivity contribution in [1.29, 1.82) is 0 Å². The molecule has 1 aliphatic carbocycles. The Morgan fingerprint density at radius 2 is 2.04 bits per heavy atom. The number of hydrogen-bond acceptors (Lipinski definition) is 2. The van der Waals surface area contributed by atoms with Crippen LogP contribution in [0.3, 0.4) is 0 Å². The number of carbonyl (C=O) groups excluding carboxylic acids is 2. The van der Waals surface area contributed by atoms with Gasteiger partial charge in [0.2, 0.25) is 5.91 Å². The van der Waals surface area contributed by atoms with Crippen molar-refractivity contribution in [3.05, 3.63) is 12.7 Å². The van der Waals surface area contributed by atoms with Crippen molar-refractivity contribution in [2.75, 3.05) is 20.1 Å². The van der Waals surface area contributed by atoms with Crippen LogP contribution in [0, 0.1) is 5.92 Å². The summed E-state index contributed by atoms with van der Waals surface area (Å²) in [6.07, 6.45) is -0.0641. The van der Waals surface area contributed by atoms with Gasteiger partial charge in [-0.15, -0.1) is 6.58 Å². The van der Waals surface area contributed by atoms with E-state index in [1.165, 1.54) is 7.05 Å². The monoisotopic (exact) mass is 347 g/mol. The molecule has 1 aliphatic heterocycles. The summed E-state index contributed by atoms with van der Waals surface area (Å²) in [7, 11) is 1.37. The summed E-state index contributed by atoms with van der Waals surface area (Å²) < 4.78 is 39.9. The third-order valence-electron chi connectivity index (χ3n) is 4.91. The molecule has 2 aliphatic rings. The molecule has 136 valence electrons. The highest BCUT2D eigenvalue weighted by molar-refractivity contribution is 5.88. The molecule has 0 aromatic heterocycles. The van der Waals surface area contributed by atoms with Crippen molar-refractivity contribution in [3.63, 3.8) is 0 Å². The Kier molecular flexibility index (Phi) is 5.77. The van der Waals surface area contributed by atoms with E-state index in [-0.39, 0.29) is 5.91 Å². The summed E-state index contributed by atoms with van der Waals surface area (Å²) in [6.45, 7) is 4.41. The third-order valence-corrected chi connectivity index (χ3v) is 4.91. The summed E-state index contributed by atoms with van der Waals surface area (Å²) >= 11 is 0. The summed E-state index contributed by atoms with van der Waals surface area (Å²) in [5.41, 5.74) is 0. The number of urea groups is 1. The molecule has 5 nitrogen and oxygen atoms in total. The van der Waals surface area contributed by atoms with Crippen molar-refractivity contribution in [3.8, 4) is 0 Å². The van der Waals surface area contributed by atoms with Gasteiger partial charge < -0.3 is 15.1 Å². The maximum absolute atomic E-state index is 13.3. The lowest BCUT2D eigenvalue weighted by atomic mass is 9.98. The number of nitrogens with one attached hydrogen (secondary N) is 1. The molecule has 0 bridgehead atoms. The standard InChI is InChI=1S/C16H24F3N3O2/c1-3-9-22-10-8-12(14(22)23)21(2)15(24)20-13(16(17,18)19)11-6-4-5-7-11/h3,11-13H,1,4-10H2,2H3,(H,20,24)/t12-,13-/m1/s1. The quantitative estimate of drug-likeness (QED) is 0.777. The molecule has 0 aromatic carbocycles. The minimum Gasteiger partial charge on any atom is -0.337 e. The van der Waals surface area contributed by atoms with Crippen molar-refractivity contribution in [2.45, 2.75) is 50.4 Å². The van der Waals surface area contributed by atoms with Gasteiger partial charge in [-0.2, -0.15) is 13.2 Å². The van der Waals surface area contributed by atoms with Crippen LogP contribution < -0.4 is 5.32 Å². The summed E-state index contributed by atoms with van der Waals surface area (Å²) in [6, 6.07) is -3.42. The second kappa shape index (κ2) is 7.44. The van der Waals surface area contributed by atoms with Gasteiger partial charge in [0.1, 0.15) is 12.1 Å². The van der Waals surface area contributed by atoms with Crippen LogP contribution >= 0.6 is 0 Å². The van der Waals surface area contributed by atoms with Gasteiger partial charge in [-0.1, -0.05) is 18.9 Å². The van der Waals surface area contributed by atoms with Crippen LogP contribution in [-0.4, -0.2) is 60.1 Å². The van der Waals surface area contributed by atoms with E-state index in [1.54, 1.807) is 11.0 Å². The van der Waals surface area contributed by atoms with E-state index in [9.17, 15) is 22.8 Å². The third kappa shape index (κ3) is 4.02. The fourth-order valence-corrected chi connectivity index (χ4v) is 3.55. The Morgan fingerprint density at radius 3 is 2.58 bits per heavy atom. The summed E-state index contributed by atoms with van der Waals surface area (Å²) in [4.78, 5) is 27.1. The van der Waals surface area contributed by atoms with E-state index in [0.29, 0.717) is 32.4 Å². The van der Waals surface area contributed by atoms with Crippen LogP contribution in [0.1, 0.15) is 32.1 Å². The molecule has 2 rings (SSSR count). The molecule has 1 N–H and O–H groups in total. The zero-order valence-corrected chi connectivity index (χ0v) is 13.8. The molecule has 8 heteroatoms. The van der Waals surface area contributed by atoms with Gasteiger partial charge >= 0.3 is 12.2 Å². The van der Waals surface area contributed by atoms with E-state index in [0.717, 1.165) is 17.7 Å². The Morgan fingerprint density at radius 1 is 1.42 bits per heavy atom. The predicted octanol–water partition coefficient (Wildman–Crippen LogP) is 2.54. The largest absolute Gasteiger partial charge is 0.408 e. The zero-order chi connectivity index (χ0) is 17.9. The maximum atomic E-state index is 13.3. The number of halogens is 3. The first kappa shape index (κ1) is 18.6. The van der Waals surface area contributed by atoms with Crippen molar-refractivity contribution < 1.29 is 22.8 Å². The van der Waals surface area contributed by atoms with Gasteiger partial charge in [-0.3, -0.25) is 4.79 Å². The second-order valence-electron chi connectivity index (χ2n) is 6.50. The van der Waals surface area contributed by atoms with Crippen LogP contribution in [0.4, 0.5) is 18.0 Å². The number of carbonyl (C=O) groups is 2. The molecule has 0 unspecified atom stereocenters. The minimum absolute atomic E-state index is 0.253. The van der Waals surface area contributed by atoms with Crippen LogP contribution in [0.5, 0.6) is 0 Å². The van der Waals surface area contributed by atoms with Crippen LogP contribution in [-0.2, 0) is 4.79 Å². The van der Waals surface area contributed by atoms with E-state index in [2.05, 4.69) is 11.9 Å². The van der Waals surface area contributed by atoms with Gasteiger partial charge in [-0.25, -0.2) is 4.79 Å². The molecule has 1 saturated carbocycles. The highest BCUT2D eigenvalue weighted by Gasteiger charge is 2.47. The van der Waals surface area contributed by atoms with Gasteiger partial charge in [0.15, 0.2) is 0 Å². The number of likely N-dealkylation sites (tertiary alicyclic amines) is 1. The predicted molar refractivity (Wildman–Crippen MR) is 83.3 cm³/mol. The van der Waals surface area contributed by atoms with E-state index >= 15 is 0 Å². The maximum Gasteiger partial charge on any atom is 0.408 e. The topological polar surface area (TPSA) is 52.6 Å². The summed E-state index contributed by atoms with van der Waals surface area (Å²) in [5, 5.41) is 2.11. The van der Waals surface area contributed by atoms with Gasteiger partial charge in [0.25, 0.3) is 0 Å². The van der Waals surface area contributed by atoms with Gasteiger partial charge in [0, 0.05) is 20.1 Å². The molecule has 0 aromatic rings. The van der Waals surface area contributed by atoms with E-state index in [4.69, 9.17) is 0 Å². The molecule has 0 spiro atoms. The average Bonchev–Trinajstić information content (AvgIpc) is 3.14. The number of alkyl halides is 3. The van der Waals surface area contributed by atoms with Crippen LogP contribution in [0.25, 0.3) is 0 Å². The second-order valence-corrected chi connectivity index (χ2v) is 6.50. The lowest BCUT2D eigenvalue weighted by Gasteiger charge is -2.31. The molecule has 1 saturated heterocycles. The molecule has 24 heavy (non-hydrogen) atoms. The van der Waals surface area contributed by atoms with E-state index in [1.807, 2.05) is 0 Å². The number of rotatable bonds is 5. The first-order valence-electron chi connectivity index (χ1n) is 8.25. The number of nitrogens with zero attached hydrogens (tertiary/aromatic N) is 2. The Bertz CT molecular complexity index is 489. The summed E-state index contributed by atoms with van der Waals surface area (Å²) in [5.74, 6) is -0.837. The van der Waals surface area contributed by atoms with Crippen molar-refractivity contribution in [2.24, 2.45) is 5.92 Å². The lowest BCUT2D eigenvalue weighted by Crippen LogP contribution is -2.55. The molecule has 0 radical (unpaired) electrons. The molecule has 2 fully saturated rings. The van der Waals surface area contributed by atoms with Gasteiger partial charge in [-0.05, 0) is 25.2 Å². The van der Waals surface area contributed by atoms with Crippen molar-refractivity contribution >= 4 is 11.9 Å². The highest BCUT2D eigenvalue weighted by Crippen LogP contribution is 2.35. The Hall–Kier alpha value is -1.73. The van der Waals surface area contributed by atoms with Crippen LogP contribution in [0.15, 0.2) is 12.7 Å². The fraction of sp³-hybridized carbons (Fsp3) is 0.750. The number of amides is 3. The van der Waals surface area contributed by atoms with Crippen molar-refractivity contribution in [1.82, 2.24) is 15.1 Å². The first-order valence-corrected chi connectivity index (χ1v) is 8.25. The Labute approximate surface area is 139 Å². The average molecular weight is 347 g/mol. The first-order chi connectivity index (χ1) is 11.3. The minimum atomic E-state index is -4.49. The highest BCUT2D eigenvalue weighted by atomic mass is 19.4. The van der Waals surface area contributed by atoms with E-state index < -0.39 is 30.2 Å². The number of likely N-dealkylation sites (N-methyl/N-ethyl adjacent to an activating group) is 1. The molecule has 3 amide bonds. The smallest absolute Gasteiger partial charge is 0.337 e. The SMILES string of the molecule is C=CCN1CC[C@@H](N(C)C(=O)N[C@H](C2CCCC2)C(F)(F)F)C1=O. The molecular formula is C16H24F3N3O2.